The molecule has 3 aromatic rings. The molecule has 38 heavy (non-hydrogen) atoms. The van der Waals surface area contributed by atoms with Gasteiger partial charge in [-0.05, 0) is 55.9 Å². The van der Waals surface area contributed by atoms with Crippen molar-refractivity contribution >= 4 is 33.2 Å². The maximum atomic E-state index is 13.6. The monoisotopic (exact) mass is 558 g/mol. The molecule has 1 fully saturated rings. The molecule has 1 saturated carbocycles. The minimum Gasteiger partial charge on any atom is -0.393 e. The average Bonchev–Trinajstić information content (AvgIpc) is 3.43. The van der Waals surface area contributed by atoms with Gasteiger partial charge in [0.1, 0.15) is 18.2 Å². The molecule has 4 atom stereocenters. The molecule has 10 nitrogen and oxygen atoms in total. The van der Waals surface area contributed by atoms with E-state index in [2.05, 4.69) is 44.6 Å². The van der Waals surface area contributed by atoms with Crippen molar-refractivity contribution in [3.05, 3.63) is 74.4 Å². The molecule has 4 N–H and O–H groups in total. The highest BCUT2D eigenvalue weighted by atomic mass is 32.2. The van der Waals surface area contributed by atoms with Crippen molar-refractivity contribution in [2.45, 2.75) is 51.4 Å². The number of nitrogens with two attached hydrogens (primary N) is 1. The Bertz CT molecular complexity index is 1460. The number of carbonyl (C=O) groups excluding carboxylic acids is 1. The molecule has 1 aliphatic heterocycles. The lowest BCUT2D eigenvalue weighted by Gasteiger charge is -2.26. The van der Waals surface area contributed by atoms with E-state index in [1.807, 2.05) is 13.0 Å². The topological polar surface area (TPSA) is 154 Å². The summed E-state index contributed by atoms with van der Waals surface area (Å²) in [5, 5.41) is 18.5. The lowest BCUT2D eigenvalue weighted by molar-refractivity contribution is 0.0697. The highest BCUT2D eigenvalue weighted by molar-refractivity contribution is 7.84. The molecule has 12 heteroatoms. The van der Waals surface area contributed by atoms with Gasteiger partial charge in [0, 0.05) is 23.0 Å². The van der Waals surface area contributed by atoms with Crippen molar-refractivity contribution in [1.82, 2.24) is 9.97 Å². The molecule has 1 aliphatic carbocycles. The number of aromatic nitrogens is 2. The number of thiophene rings is 1. The molecule has 0 amide bonds. The molecule has 3 heterocycles. The number of rotatable bonds is 8. The maximum absolute atomic E-state index is 13.6. The molecule has 0 spiro atoms. The van der Waals surface area contributed by atoms with Crippen LogP contribution in [0.15, 0.2) is 36.8 Å². The van der Waals surface area contributed by atoms with E-state index >= 15 is 0 Å². The van der Waals surface area contributed by atoms with Crippen molar-refractivity contribution in [3.8, 4) is 0 Å². The van der Waals surface area contributed by atoms with Gasteiger partial charge >= 0.3 is 10.3 Å². The first-order chi connectivity index (χ1) is 18.1. The first-order valence-electron chi connectivity index (χ1n) is 12.4. The van der Waals surface area contributed by atoms with E-state index in [-0.39, 0.29) is 24.5 Å². The predicted molar refractivity (Wildman–Crippen MR) is 142 cm³/mol. The van der Waals surface area contributed by atoms with Crippen molar-refractivity contribution in [2.24, 2.45) is 11.1 Å². The number of nitrogens with one attached hydrogen (secondary N) is 1. The van der Waals surface area contributed by atoms with Crippen molar-refractivity contribution in [1.29, 1.82) is 0 Å². The summed E-state index contributed by atoms with van der Waals surface area (Å²) in [5.41, 5.74) is 4.87. The number of benzene rings is 1. The Kier molecular flexibility index (Phi) is 7.63. The number of ketones is 1. The van der Waals surface area contributed by atoms with Crippen molar-refractivity contribution < 1.29 is 27.2 Å². The van der Waals surface area contributed by atoms with Gasteiger partial charge in [0.15, 0.2) is 0 Å². The Hall–Kier alpha value is -2.74. The van der Waals surface area contributed by atoms with Crippen LogP contribution in [-0.2, 0) is 25.6 Å². The molecule has 2 aromatic heterocycles. The van der Waals surface area contributed by atoms with E-state index in [9.17, 15) is 18.3 Å². The first-order valence-corrected chi connectivity index (χ1v) is 14.7. The van der Waals surface area contributed by atoms with Gasteiger partial charge in [-0.1, -0.05) is 23.8 Å². The summed E-state index contributed by atoms with van der Waals surface area (Å²) in [6, 6.07) is 8.08. The second kappa shape index (κ2) is 10.8. The molecular weight excluding hydrogens is 528 g/mol. The second-order valence-corrected chi connectivity index (χ2v) is 12.3. The summed E-state index contributed by atoms with van der Waals surface area (Å²) in [5.74, 6) is -0.269. The summed E-state index contributed by atoms with van der Waals surface area (Å²) in [4.78, 5) is 23.6. The molecule has 5 rings (SSSR count). The fourth-order valence-corrected chi connectivity index (χ4v) is 6.57. The fourth-order valence-electron chi connectivity index (χ4n) is 5.21. The minimum absolute atomic E-state index is 0.208. The third kappa shape index (κ3) is 5.80. The number of aliphatic hydroxyl groups is 1. The SMILES string of the molecule is Cc1ccc2c(c1)C(c1cc(C(=O)c3cncnc3N[C@@H]3C[C@H](COS(N)(=O)=O)[C@@H](O)C3)sc1C)OCC2. The zero-order chi connectivity index (χ0) is 27.0. The number of anilines is 1. The number of aliphatic hydroxyl groups excluding tert-OH is 1. The summed E-state index contributed by atoms with van der Waals surface area (Å²) >= 11 is 1.41. The third-order valence-corrected chi connectivity index (χ3v) is 8.63. The summed E-state index contributed by atoms with van der Waals surface area (Å²) < 4.78 is 33.1. The minimum atomic E-state index is -4.09. The van der Waals surface area contributed by atoms with Crippen LogP contribution in [-0.4, -0.2) is 54.6 Å². The quantitative estimate of drug-likeness (QED) is 0.354. The molecule has 0 saturated heterocycles. The Morgan fingerprint density at radius 1 is 1.26 bits per heavy atom. The molecule has 1 unspecified atom stereocenters. The normalized spacial score (nSPS) is 23.3. The van der Waals surface area contributed by atoms with Gasteiger partial charge in [-0.3, -0.25) is 8.98 Å². The molecule has 2 aliphatic rings. The van der Waals surface area contributed by atoms with Crippen LogP contribution in [0.5, 0.6) is 0 Å². The van der Waals surface area contributed by atoms with Gasteiger partial charge in [0.2, 0.25) is 5.78 Å². The molecule has 202 valence electrons. The van der Waals surface area contributed by atoms with Gasteiger partial charge < -0.3 is 15.2 Å². The maximum Gasteiger partial charge on any atom is 0.333 e. The van der Waals surface area contributed by atoms with Crippen LogP contribution in [0.4, 0.5) is 5.82 Å². The van der Waals surface area contributed by atoms with Crippen LogP contribution in [0.2, 0.25) is 0 Å². The zero-order valence-electron chi connectivity index (χ0n) is 21.1. The number of fused-ring (bicyclic) bond motifs is 1. The van der Waals surface area contributed by atoms with Gasteiger partial charge in [-0.15, -0.1) is 11.3 Å². The molecule has 0 bridgehead atoms. The highest BCUT2D eigenvalue weighted by Gasteiger charge is 2.35. The van der Waals surface area contributed by atoms with Crippen molar-refractivity contribution in [3.63, 3.8) is 0 Å². The summed E-state index contributed by atoms with van der Waals surface area (Å²) in [7, 11) is -4.09. The lowest BCUT2D eigenvalue weighted by Crippen LogP contribution is -2.24. The smallest absolute Gasteiger partial charge is 0.333 e. The van der Waals surface area contributed by atoms with Gasteiger partial charge in [-0.25, -0.2) is 15.1 Å². The van der Waals surface area contributed by atoms with Gasteiger partial charge in [-0.2, -0.15) is 8.42 Å². The second-order valence-electron chi connectivity index (χ2n) is 9.86. The van der Waals surface area contributed by atoms with Crippen LogP contribution in [0.25, 0.3) is 0 Å². The number of hydrogen-bond acceptors (Lipinski definition) is 10. The summed E-state index contributed by atoms with van der Waals surface area (Å²) in [6.07, 6.45) is 3.46. The molecule has 1 aromatic carbocycles. The van der Waals surface area contributed by atoms with E-state index in [4.69, 9.17) is 9.88 Å². The number of carbonyl (C=O) groups is 1. The highest BCUT2D eigenvalue weighted by Crippen LogP contribution is 2.39. The number of nitrogens with zero attached hydrogens (tertiary/aromatic N) is 2. The predicted octanol–water partition coefficient (Wildman–Crippen LogP) is 2.82. The Morgan fingerprint density at radius 3 is 2.87 bits per heavy atom. The third-order valence-electron chi connectivity index (χ3n) is 7.10. The Balaban J connectivity index is 1.35. The first kappa shape index (κ1) is 26.9. The summed E-state index contributed by atoms with van der Waals surface area (Å²) in [6.45, 7) is 4.46. The molecular formula is C26H30N4O6S2. The van der Waals surface area contributed by atoms with Crippen LogP contribution < -0.4 is 10.5 Å². The number of ether oxygens (including phenoxy) is 1. The van der Waals surface area contributed by atoms with Gasteiger partial charge in [0.25, 0.3) is 0 Å². The van der Waals surface area contributed by atoms with E-state index in [1.165, 1.54) is 29.4 Å². The lowest BCUT2D eigenvalue weighted by atomic mass is 9.91. The largest absolute Gasteiger partial charge is 0.393 e. The van der Waals surface area contributed by atoms with E-state index in [0.29, 0.717) is 35.7 Å². The standard InChI is InChI=1S/C26H30N4O6S2/c1-14-3-4-16-5-6-35-25(20(16)7-14)19-10-23(37-15(19)2)24(32)21-11-28-13-29-26(21)30-18-8-17(22(31)9-18)12-36-38(27,33)34/h3-4,7,10-11,13,17-18,22,25,31H,5-6,8-9,12H2,1-2H3,(H2,27,33,34)(H,28,29,30)/t17-,18-,22+,25?/m1/s1. The fraction of sp³-hybridized carbons (Fsp3) is 0.423. The van der Waals surface area contributed by atoms with E-state index in [0.717, 1.165) is 28.0 Å². The Labute approximate surface area is 225 Å². The molecule has 0 radical (unpaired) electrons. The Morgan fingerprint density at radius 2 is 2.08 bits per heavy atom. The van der Waals surface area contributed by atoms with Crippen molar-refractivity contribution in [2.75, 3.05) is 18.5 Å². The number of aryl methyl sites for hydroxylation is 2. The number of hydrogen-bond donors (Lipinski definition) is 3. The van der Waals surface area contributed by atoms with E-state index in [1.54, 1.807) is 0 Å². The van der Waals surface area contributed by atoms with Crippen LogP contribution in [0, 0.1) is 19.8 Å². The van der Waals surface area contributed by atoms with E-state index < -0.39 is 22.3 Å². The zero-order valence-corrected chi connectivity index (χ0v) is 22.7. The van der Waals surface area contributed by atoms with Crippen LogP contribution in [0.3, 0.4) is 0 Å². The van der Waals surface area contributed by atoms with Gasteiger partial charge in [0.05, 0.1) is 29.8 Å². The van der Waals surface area contributed by atoms with Crippen LogP contribution >= 0.6 is 11.3 Å². The average molecular weight is 559 g/mol. The van der Waals surface area contributed by atoms with Crippen LogP contribution in [0.1, 0.15) is 61.3 Å².